The van der Waals surface area contributed by atoms with E-state index in [-0.39, 0.29) is 11.2 Å². The molecule has 1 aliphatic rings. The van der Waals surface area contributed by atoms with Gasteiger partial charge in [0.15, 0.2) is 11.2 Å². The first-order chi connectivity index (χ1) is 15.5. The molecule has 0 radical (unpaired) electrons. The summed E-state index contributed by atoms with van der Waals surface area (Å²) in [7, 11) is 1.69. The van der Waals surface area contributed by atoms with Crippen molar-refractivity contribution in [1.29, 1.82) is 0 Å². The highest BCUT2D eigenvalue weighted by molar-refractivity contribution is 5.69. The monoisotopic (exact) mass is 443 g/mol. The Kier molecular flexibility index (Phi) is 8.47. The maximum absolute atomic E-state index is 13.1. The number of hydrogen-bond donors (Lipinski definition) is 0. The van der Waals surface area contributed by atoms with Crippen LogP contribution in [0.4, 0.5) is 0 Å². The Bertz CT molecular complexity index is 1110. The van der Waals surface area contributed by atoms with Gasteiger partial charge in [-0.2, -0.15) is 0 Å². The number of aryl methyl sites for hydroxylation is 3. The molecule has 3 heterocycles. The summed E-state index contributed by atoms with van der Waals surface area (Å²) >= 11 is 0. The Balaban J connectivity index is 0.000000668. The van der Waals surface area contributed by atoms with Gasteiger partial charge in [-0.05, 0) is 38.5 Å². The molecule has 8 nitrogen and oxygen atoms in total. The highest BCUT2D eigenvalue weighted by Crippen LogP contribution is 2.26. The van der Waals surface area contributed by atoms with Gasteiger partial charge in [0.2, 0.25) is 0 Å². The SMILES string of the molecule is CCCC.Cc1cc(CCCCn2c(=O)c3c(ncn3CC3CCCC3)n(C)c2=O)on1. The lowest BCUT2D eigenvalue weighted by atomic mass is 10.1. The molecule has 0 aliphatic heterocycles. The molecule has 0 amide bonds. The molecule has 1 fully saturated rings. The lowest BCUT2D eigenvalue weighted by Gasteiger charge is -2.12. The Hall–Kier alpha value is -2.64. The van der Waals surface area contributed by atoms with Gasteiger partial charge < -0.3 is 9.09 Å². The zero-order chi connectivity index (χ0) is 23.1. The maximum Gasteiger partial charge on any atom is 0.332 e. The van der Waals surface area contributed by atoms with E-state index in [9.17, 15) is 9.59 Å². The molecule has 8 heteroatoms. The van der Waals surface area contributed by atoms with Crippen molar-refractivity contribution in [3.63, 3.8) is 0 Å². The van der Waals surface area contributed by atoms with Gasteiger partial charge >= 0.3 is 5.69 Å². The van der Waals surface area contributed by atoms with Gasteiger partial charge in [0, 0.05) is 32.6 Å². The second-order valence-electron chi connectivity index (χ2n) is 8.91. The van der Waals surface area contributed by atoms with Crippen molar-refractivity contribution in [1.82, 2.24) is 23.8 Å². The van der Waals surface area contributed by atoms with Crippen molar-refractivity contribution < 1.29 is 4.52 Å². The molecule has 3 aromatic rings. The summed E-state index contributed by atoms with van der Waals surface area (Å²) in [5.41, 5.74) is 1.34. The third kappa shape index (κ3) is 5.58. The van der Waals surface area contributed by atoms with Crippen LogP contribution in [0, 0.1) is 12.8 Å². The highest BCUT2D eigenvalue weighted by Gasteiger charge is 2.20. The minimum atomic E-state index is -0.306. The number of fused-ring (bicyclic) bond motifs is 1. The fourth-order valence-electron chi connectivity index (χ4n) is 4.23. The van der Waals surface area contributed by atoms with Crippen LogP contribution in [0.15, 0.2) is 26.5 Å². The van der Waals surface area contributed by atoms with E-state index in [2.05, 4.69) is 24.0 Å². The summed E-state index contributed by atoms with van der Waals surface area (Å²) in [6.07, 6.45) is 11.5. The molecule has 0 unspecified atom stereocenters. The van der Waals surface area contributed by atoms with Crippen LogP contribution in [0.1, 0.15) is 76.7 Å². The minimum absolute atomic E-state index is 0.232. The van der Waals surface area contributed by atoms with Crippen molar-refractivity contribution in [3.8, 4) is 0 Å². The highest BCUT2D eigenvalue weighted by atomic mass is 16.5. The largest absolute Gasteiger partial charge is 0.361 e. The Morgan fingerprint density at radius 1 is 1.12 bits per heavy atom. The predicted molar refractivity (Wildman–Crippen MR) is 126 cm³/mol. The van der Waals surface area contributed by atoms with E-state index in [1.165, 1.54) is 47.7 Å². The average Bonchev–Trinajstić information content (AvgIpc) is 3.54. The molecule has 32 heavy (non-hydrogen) atoms. The van der Waals surface area contributed by atoms with Gasteiger partial charge in [0.05, 0.1) is 12.0 Å². The average molecular weight is 444 g/mol. The minimum Gasteiger partial charge on any atom is -0.361 e. The van der Waals surface area contributed by atoms with Crippen molar-refractivity contribution in [2.24, 2.45) is 13.0 Å². The van der Waals surface area contributed by atoms with Crippen molar-refractivity contribution in [3.05, 3.63) is 44.7 Å². The van der Waals surface area contributed by atoms with Gasteiger partial charge in [-0.15, -0.1) is 0 Å². The Morgan fingerprint density at radius 3 is 2.47 bits per heavy atom. The molecular formula is C24H37N5O3. The fourth-order valence-corrected chi connectivity index (χ4v) is 4.23. The van der Waals surface area contributed by atoms with Crippen LogP contribution in [-0.4, -0.2) is 23.8 Å². The lowest BCUT2D eigenvalue weighted by molar-refractivity contribution is 0.374. The second kappa shape index (κ2) is 11.3. The normalized spacial score (nSPS) is 14.1. The van der Waals surface area contributed by atoms with Crippen LogP contribution in [0.2, 0.25) is 0 Å². The first kappa shape index (κ1) is 24.0. The molecule has 3 aromatic heterocycles. The van der Waals surface area contributed by atoms with E-state index >= 15 is 0 Å². The third-order valence-electron chi connectivity index (χ3n) is 6.26. The number of imidazole rings is 1. The summed E-state index contributed by atoms with van der Waals surface area (Å²) in [5.74, 6) is 1.43. The summed E-state index contributed by atoms with van der Waals surface area (Å²) in [5, 5.41) is 3.88. The third-order valence-corrected chi connectivity index (χ3v) is 6.26. The lowest BCUT2D eigenvalue weighted by Crippen LogP contribution is -2.39. The van der Waals surface area contributed by atoms with Gasteiger partial charge in [0.25, 0.3) is 5.56 Å². The Morgan fingerprint density at radius 2 is 1.84 bits per heavy atom. The number of aromatic nitrogens is 5. The van der Waals surface area contributed by atoms with Crippen molar-refractivity contribution >= 4 is 11.2 Å². The summed E-state index contributed by atoms with van der Waals surface area (Å²) in [6, 6.07) is 1.92. The molecule has 176 valence electrons. The Labute approximate surface area is 189 Å². The zero-order valence-corrected chi connectivity index (χ0v) is 20.0. The molecule has 4 rings (SSSR count). The van der Waals surface area contributed by atoms with E-state index in [0.29, 0.717) is 23.6 Å². The van der Waals surface area contributed by atoms with E-state index in [0.717, 1.165) is 37.3 Å². The molecule has 0 spiro atoms. The molecule has 1 aliphatic carbocycles. The standard InChI is InChI=1S/C20H27N5O3.C4H10/c1-14-11-16(28-22-14)9-5-6-10-25-19(26)17-18(23(2)20(25)27)21-13-24(17)12-15-7-3-4-8-15;1-3-4-2/h11,13,15H,3-10,12H2,1-2H3;3-4H2,1-2H3. The summed E-state index contributed by atoms with van der Waals surface area (Å²) in [6.45, 7) is 7.44. The second-order valence-corrected chi connectivity index (χ2v) is 8.91. The van der Waals surface area contributed by atoms with Crippen molar-refractivity contribution in [2.75, 3.05) is 0 Å². The van der Waals surface area contributed by atoms with E-state index in [1.807, 2.05) is 17.6 Å². The summed E-state index contributed by atoms with van der Waals surface area (Å²) in [4.78, 5) is 30.1. The number of hydrogen-bond acceptors (Lipinski definition) is 5. The molecule has 0 bridgehead atoms. The van der Waals surface area contributed by atoms with Gasteiger partial charge in [-0.1, -0.05) is 44.7 Å². The first-order valence-corrected chi connectivity index (χ1v) is 12.0. The first-order valence-electron chi connectivity index (χ1n) is 12.0. The summed E-state index contributed by atoms with van der Waals surface area (Å²) < 4.78 is 9.99. The van der Waals surface area contributed by atoms with E-state index in [4.69, 9.17) is 4.52 Å². The van der Waals surface area contributed by atoms with Crippen molar-refractivity contribution in [2.45, 2.75) is 91.6 Å². The number of rotatable bonds is 8. The number of unbranched alkanes of at least 4 members (excludes halogenated alkanes) is 2. The predicted octanol–water partition coefficient (Wildman–Crippen LogP) is 4.21. The molecule has 0 atom stereocenters. The van der Waals surface area contributed by atoms with Gasteiger partial charge in [-0.25, -0.2) is 9.78 Å². The van der Waals surface area contributed by atoms with E-state index in [1.54, 1.807) is 13.4 Å². The van der Waals surface area contributed by atoms with Crippen LogP contribution < -0.4 is 11.2 Å². The van der Waals surface area contributed by atoms with Crippen LogP contribution in [0.5, 0.6) is 0 Å². The van der Waals surface area contributed by atoms with Crippen LogP contribution in [-0.2, 0) is 26.6 Å². The molecule has 0 saturated heterocycles. The molecule has 1 saturated carbocycles. The van der Waals surface area contributed by atoms with Crippen LogP contribution in [0.25, 0.3) is 11.2 Å². The molecule has 0 aromatic carbocycles. The van der Waals surface area contributed by atoms with Crippen LogP contribution in [0.3, 0.4) is 0 Å². The quantitative estimate of drug-likeness (QED) is 0.487. The topological polar surface area (TPSA) is 87.9 Å². The fraction of sp³-hybridized carbons (Fsp3) is 0.667. The number of nitrogens with zero attached hydrogens (tertiary/aromatic N) is 5. The zero-order valence-electron chi connectivity index (χ0n) is 20.0. The molecular weight excluding hydrogens is 406 g/mol. The molecule has 0 N–H and O–H groups in total. The van der Waals surface area contributed by atoms with Gasteiger partial charge in [-0.3, -0.25) is 13.9 Å². The van der Waals surface area contributed by atoms with Crippen LogP contribution >= 0.6 is 0 Å². The van der Waals surface area contributed by atoms with Gasteiger partial charge in [0.1, 0.15) is 5.76 Å². The van der Waals surface area contributed by atoms with E-state index < -0.39 is 0 Å². The maximum atomic E-state index is 13.1. The smallest absolute Gasteiger partial charge is 0.332 e.